The average molecular weight is 187 g/mol. The van der Waals surface area contributed by atoms with Gasteiger partial charge in [-0.25, -0.2) is 0 Å². The van der Waals surface area contributed by atoms with E-state index in [4.69, 9.17) is 9.47 Å². The minimum Gasteiger partial charge on any atom is -0.385 e. The van der Waals surface area contributed by atoms with Crippen molar-refractivity contribution >= 4 is 0 Å². The molecular weight excluding hydrogens is 166 g/mol. The molecule has 0 spiro atoms. The molecule has 3 heteroatoms. The number of methoxy groups -OCH3 is 1. The van der Waals surface area contributed by atoms with Gasteiger partial charge in [-0.3, -0.25) is 0 Å². The smallest absolute Gasteiger partial charge is 0.0477 e. The Bertz CT molecular complexity index is 124. The quantitative estimate of drug-likeness (QED) is 0.697. The van der Waals surface area contributed by atoms with Gasteiger partial charge in [0.1, 0.15) is 0 Å². The Hall–Kier alpha value is -0.120. The molecule has 0 aromatic heterocycles. The molecule has 3 nitrogen and oxygen atoms in total. The molecule has 0 amide bonds. The summed E-state index contributed by atoms with van der Waals surface area (Å²) in [6, 6.07) is 0.601. The van der Waals surface area contributed by atoms with Crippen molar-refractivity contribution in [3.63, 3.8) is 0 Å². The van der Waals surface area contributed by atoms with E-state index in [9.17, 15) is 0 Å². The summed E-state index contributed by atoms with van der Waals surface area (Å²) in [6.45, 7) is 2.70. The number of rotatable bonds is 5. The molecule has 1 unspecified atom stereocenters. The molecule has 1 saturated heterocycles. The predicted molar refractivity (Wildman–Crippen MR) is 52.9 cm³/mol. The Morgan fingerprint density at radius 2 is 2.15 bits per heavy atom. The van der Waals surface area contributed by atoms with Crippen LogP contribution in [0, 0.1) is 5.92 Å². The summed E-state index contributed by atoms with van der Waals surface area (Å²) in [5, 5.41) is 3.37. The lowest BCUT2D eigenvalue weighted by molar-refractivity contribution is 0.0493. The van der Waals surface area contributed by atoms with E-state index in [0.29, 0.717) is 6.04 Å². The lowest BCUT2D eigenvalue weighted by atomic mass is 9.90. The van der Waals surface area contributed by atoms with Crippen molar-refractivity contribution in [2.45, 2.75) is 25.3 Å². The van der Waals surface area contributed by atoms with Crippen LogP contribution in [0.15, 0.2) is 0 Å². The standard InChI is InChI=1S/C10H21NO2/c1-11-10(5-6-12-2)9-3-7-13-8-4-9/h9-11H,3-8H2,1-2H3. The average Bonchev–Trinajstić information content (AvgIpc) is 2.21. The predicted octanol–water partition coefficient (Wildman–Crippen LogP) is 1.04. The van der Waals surface area contributed by atoms with Crippen molar-refractivity contribution < 1.29 is 9.47 Å². The first kappa shape index (κ1) is 11.0. The van der Waals surface area contributed by atoms with Crippen LogP contribution in [-0.2, 0) is 9.47 Å². The van der Waals surface area contributed by atoms with Gasteiger partial charge >= 0.3 is 0 Å². The van der Waals surface area contributed by atoms with Crippen LogP contribution in [0.4, 0.5) is 0 Å². The van der Waals surface area contributed by atoms with Crippen molar-refractivity contribution in [3.05, 3.63) is 0 Å². The molecule has 1 heterocycles. The molecule has 0 aliphatic carbocycles. The van der Waals surface area contributed by atoms with Gasteiger partial charge < -0.3 is 14.8 Å². The van der Waals surface area contributed by atoms with Gasteiger partial charge in [-0.2, -0.15) is 0 Å². The second-order valence-electron chi connectivity index (χ2n) is 3.63. The Labute approximate surface area is 80.8 Å². The molecular formula is C10H21NO2. The number of ether oxygens (including phenoxy) is 2. The van der Waals surface area contributed by atoms with E-state index in [1.165, 1.54) is 12.8 Å². The Morgan fingerprint density at radius 3 is 2.69 bits per heavy atom. The molecule has 1 N–H and O–H groups in total. The number of nitrogens with one attached hydrogen (secondary N) is 1. The Morgan fingerprint density at radius 1 is 1.46 bits per heavy atom. The summed E-state index contributed by atoms with van der Waals surface area (Å²) in [7, 11) is 3.80. The van der Waals surface area contributed by atoms with Crippen LogP contribution in [0.2, 0.25) is 0 Å². The fourth-order valence-electron chi connectivity index (χ4n) is 1.98. The van der Waals surface area contributed by atoms with Gasteiger partial charge in [0, 0.05) is 33.0 Å². The van der Waals surface area contributed by atoms with Crippen molar-refractivity contribution in [2.75, 3.05) is 34.0 Å². The fraction of sp³-hybridized carbons (Fsp3) is 1.00. The number of hydrogen-bond acceptors (Lipinski definition) is 3. The van der Waals surface area contributed by atoms with Gasteiger partial charge in [-0.15, -0.1) is 0 Å². The van der Waals surface area contributed by atoms with E-state index in [2.05, 4.69) is 5.32 Å². The van der Waals surface area contributed by atoms with Crippen LogP contribution in [-0.4, -0.2) is 40.0 Å². The molecule has 0 aromatic carbocycles. The molecule has 0 bridgehead atoms. The van der Waals surface area contributed by atoms with E-state index in [-0.39, 0.29) is 0 Å². The van der Waals surface area contributed by atoms with E-state index < -0.39 is 0 Å². The molecule has 0 radical (unpaired) electrons. The van der Waals surface area contributed by atoms with Crippen LogP contribution in [0.3, 0.4) is 0 Å². The highest BCUT2D eigenvalue weighted by molar-refractivity contribution is 4.77. The third-order valence-electron chi connectivity index (χ3n) is 2.84. The van der Waals surface area contributed by atoms with Crippen molar-refractivity contribution in [2.24, 2.45) is 5.92 Å². The van der Waals surface area contributed by atoms with Gasteiger partial charge in [0.25, 0.3) is 0 Å². The normalized spacial score (nSPS) is 21.7. The van der Waals surface area contributed by atoms with Crippen molar-refractivity contribution in [1.82, 2.24) is 5.32 Å². The molecule has 1 aliphatic heterocycles. The summed E-state index contributed by atoms with van der Waals surface area (Å²) in [6.07, 6.45) is 3.49. The molecule has 1 aliphatic rings. The summed E-state index contributed by atoms with van der Waals surface area (Å²) in [5.41, 5.74) is 0. The van der Waals surface area contributed by atoms with E-state index in [0.717, 1.165) is 32.2 Å². The molecule has 1 rings (SSSR count). The van der Waals surface area contributed by atoms with E-state index in [1.54, 1.807) is 7.11 Å². The lowest BCUT2D eigenvalue weighted by Gasteiger charge is -2.29. The topological polar surface area (TPSA) is 30.5 Å². The first-order chi connectivity index (χ1) is 6.38. The maximum atomic E-state index is 5.34. The van der Waals surface area contributed by atoms with Crippen molar-refractivity contribution in [3.8, 4) is 0 Å². The SMILES string of the molecule is CNC(CCOC)C1CCOCC1. The summed E-state index contributed by atoms with van der Waals surface area (Å²) in [4.78, 5) is 0. The largest absolute Gasteiger partial charge is 0.385 e. The van der Waals surface area contributed by atoms with Crippen LogP contribution in [0.25, 0.3) is 0 Å². The van der Waals surface area contributed by atoms with Gasteiger partial charge in [-0.1, -0.05) is 0 Å². The fourth-order valence-corrected chi connectivity index (χ4v) is 1.98. The monoisotopic (exact) mass is 187 g/mol. The van der Waals surface area contributed by atoms with Gasteiger partial charge in [0.15, 0.2) is 0 Å². The highest BCUT2D eigenvalue weighted by Crippen LogP contribution is 2.20. The first-order valence-electron chi connectivity index (χ1n) is 5.12. The minimum absolute atomic E-state index is 0.601. The van der Waals surface area contributed by atoms with Crippen LogP contribution in [0.5, 0.6) is 0 Å². The van der Waals surface area contributed by atoms with Gasteiger partial charge in [0.2, 0.25) is 0 Å². The van der Waals surface area contributed by atoms with Crippen LogP contribution < -0.4 is 5.32 Å². The van der Waals surface area contributed by atoms with Crippen molar-refractivity contribution in [1.29, 1.82) is 0 Å². The number of hydrogen-bond donors (Lipinski definition) is 1. The summed E-state index contributed by atoms with van der Waals surface area (Å²) in [5.74, 6) is 0.772. The maximum absolute atomic E-state index is 5.34. The maximum Gasteiger partial charge on any atom is 0.0477 e. The third-order valence-corrected chi connectivity index (χ3v) is 2.84. The second-order valence-corrected chi connectivity index (χ2v) is 3.63. The van der Waals surface area contributed by atoms with Gasteiger partial charge in [-0.05, 0) is 32.2 Å². The van der Waals surface area contributed by atoms with Crippen LogP contribution >= 0.6 is 0 Å². The lowest BCUT2D eigenvalue weighted by Crippen LogP contribution is -2.37. The summed E-state index contributed by atoms with van der Waals surface area (Å²) >= 11 is 0. The molecule has 0 aromatic rings. The zero-order valence-corrected chi connectivity index (χ0v) is 8.71. The molecule has 78 valence electrons. The van der Waals surface area contributed by atoms with Crippen LogP contribution in [0.1, 0.15) is 19.3 Å². The zero-order valence-electron chi connectivity index (χ0n) is 8.71. The van der Waals surface area contributed by atoms with Gasteiger partial charge in [0.05, 0.1) is 0 Å². The molecule has 0 saturated carbocycles. The third kappa shape index (κ3) is 3.63. The first-order valence-corrected chi connectivity index (χ1v) is 5.12. The molecule has 1 atom stereocenters. The highest BCUT2D eigenvalue weighted by atomic mass is 16.5. The Kier molecular flexibility index (Phi) is 5.35. The molecule has 13 heavy (non-hydrogen) atoms. The van der Waals surface area contributed by atoms with E-state index in [1.807, 2.05) is 7.05 Å². The zero-order chi connectivity index (χ0) is 9.52. The highest BCUT2D eigenvalue weighted by Gasteiger charge is 2.21. The second kappa shape index (κ2) is 6.35. The summed E-state index contributed by atoms with van der Waals surface area (Å²) < 4.78 is 10.4. The molecule has 1 fully saturated rings. The Balaban J connectivity index is 2.26. The van der Waals surface area contributed by atoms with E-state index >= 15 is 0 Å². The minimum atomic E-state index is 0.601.